The van der Waals surface area contributed by atoms with Crippen molar-refractivity contribution in [1.82, 2.24) is 20.4 Å². The molecule has 2 fully saturated rings. The average Bonchev–Trinajstić information content (AvgIpc) is 3.84. The van der Waals surface area contributed by atoms with Crippen molar-refractivity contribution in [2.24, 2.45) is 0 Å². The summed E-state index contributed by atoms with van der Waals surface area (Å²) in [5, 5.41) is 8.50. The van der Waals surface area contributed by atoms with Gasteiger partial charge in [-0.05, 0) is 61.6 Å². The smallest absolute Gasteiger partial charge is 0.0875 e. The van der Waals surface area contributed by atoms with Crippen LogP contribution >= 0.6 is 0 Å². The zero-order valence-electron chi connectivity index (χ0n) is 33.8. The maximum atomic E-state index is 4.25. The molecule has 2 unspecified atom stereocenters. The maximum Gasteiger partial charge on any atom is 0.0875 e. The van der Waals surface area contributed by atoms with E-state index < -0.39 is 0 Å². The molecule has 7 aromatic rings. The number of nitrogens with one attached hydrogen (secondary N) is 2. The summed E-state index contributed by atoms with van der Waals surface area (Å²) in [6.07, 6.45) is -0.0917. The minimum absolute atomic E-state index is 0.0458. The molecule has 58 heavy (non-hydrogen) atoms. The molecule has 0 saturated carbocycles. The highest BCUT2D eigenvalue weighted by molar-refractivity contribution is 5.42. The van der Waals surface area contributed by atoms with Crippen LogP contribution in [0.2, 0.25) is 0 Å². The van der Waals surface area contributed by atoms with Crippen LogP contribution in [0.3, 0.4) is 0 Å². The molecule has 0 radical (unpaired) electrons. The molecule has 2 aliphatic rings. The van der Waals surface area contributed by atoms with Gasteiger partial charge in [-0.2, -0.15) is 0 Å². The standard InChI is InChI=1S/C54H54N4/c1-54(2,3)47-35-45(52-55-48(41-26-14-6-15-27-41)50(43-30-18-8-19-31-43)57(52)37-39-22-10-4-11-23-39)34-46(36-47)53-56-49(42-28-16-7-17-29-42)51(44-32-20-9-21-33-44)58(53)38-40-24-12-5-13-25-40/h4-36,48-53,55-56H,37-38H2,1-3H3/t48-,49-,50-,51-,52?,53?/m1/s1. The molecule has 0 aliphatic carbocycles. The Kier molecular flexibility index (Phi) is 10.9. The fraction of sp³-hybridized carbons (Fsp3) is 0.222. The minimum atomic E-state index is -0.0776. The topological polar surface area (TPSA) is 30.5 Å². The van der Waals surface area contributed by atoms with Gasteiger partial charge in [0.1, 0.15) is 0 Å². The van der Waals surface area contributed by atoms with Gasteiger partial charge in [0.05, 0.1) is 36.5 Å². The number of hydrogen-bond donors (Lipinski definition) is 2. The molecular formula is C54H54N4. The van der Waals surface area contributed by atoms with Gasteiger partial charge < -0.3 is 0 Å². The van der Waals surface area contributed by atoms with E-state index in [2.05, 4.69) is 241 Å². The van der Waals surface area contributed by atoms with Gasteiger partial charge in [0.15, 0.2) is 0 Å². The third-order valence-corrected chi connectivity index (χ3v) is 12.2. The van der Waals surface area contributed by atoms with Crippen LogP contribution in [0.25, 0.3) is 0 Å². The summed E-state index contributed by atoms with van der Waals surface area (Å²) >= 11 is 0. The lowest BCUT2D eigenvalue weighted by Crippen LogP contribution is -2.31. The van der Waals surface area contributed by atoms with E-state index in [0.717, 1.165) is 13.1 Å². The first-order valence-corrected chi connectivity index (χ1v) is 20.9. The van der Waals surface area contributed by atoms with Crippen LogP contribution in [0.4, 0.5) is 0 Å². The van der Waals surface area contributed by atoms with E-state index in [1.165, 1.54) is 50.1 Å². The Labute approximate surface area is 345 Å². The fourth-order valence-corrected chi connectivity index (χ4v) is 9.33. The lowest BCUT2D eigenvalue weighted by molar-refractivity contribution is 0.171. The highest BCUT2D eigenvalue weighted by atomic mass is 15.4. The molecule has 6 atom stereocenters. The van der Waals surface area contributed by atoms with Crippen LogP contribution in [0, 0.1) is 0 Å². The molecule has 4 nitrogen and oxygen atoms in total. The van der Waals surface area contributed by atoms with E-state index in [4.69, 9.17) is 0 Å². The van der Waals surface area contributed by atoms with E-state index in [-0.39, 0.29) is 41.9 Å². The van der Waals surface area contributed by atoms with Crippen LogP contribution in [0.1, 0.15) is 107 Å². The third-order valence-electron chi connectivity index (χ3n) is 12.2. The summed E-state index contributed by atoms with van der Waals surface area (Å²) in [4.78, 5) is 5.41. The highest BCUT2D eigenvalue weighted by Gasteiger charge is 2.46. The molecule has 2 aliphatic heterocycles. The van der Waals surface area contributed by atoms with Crippen LogP contribution < -0.4 is 10.6 Å². The van der Waals surface area contributed by atoms with Crippen molar-refractivity contribution in [1.29, 1.82) is 0 Å². The van der Waals surface area contributed by atoms with Crippen LogP contribution in [-0.2, 0) is 18.5 Å². The Morgan fingerprint density at radius 3 is 1.02 bits per heavy atom. The van der Waals surface area contributed by atoms with Crippen molar-refractivity contribution in [2.75, 3.05) is 0 Å². The van der Waals surface area contributed by atoms with Crippen molar-refractivity contribution < 1.29 is 0 Å². The highest BCUT2D eigenvalue weighted by Crippen LogP contribution is 2.50. The maximum absolute atomic E-state index is 4.25. The quantitative estimate of drug-likeness (QED) is 0.145. The lowest BCUT2D eigenvalue weighted by Gasteiger charge is -2.34. The van der Waals surface area contributed by atoms with Crippen molar-refractivity contribution >= 4 is 0 Å². The first-order chi connectivity index (χ1) is 28.4. The lowest BCUT2D eigenvalue weighted by atomic mass is 9.84. The molecule has 2 N–H and O–H groups in total. The molecule has 290 valence electrons. The van der Waals surface area contributed by atoms with Gasteiger partial charge in [-0.25, -0.2) is 0 Å². The van der Waals surface area contributed by atoms with Gasteiger partial charge in [-0.1, -0.05) is 215 Å². The predicted molar refractivity (Wildman–Crippen MR) is 238 cm³/mol. The third kappa shape index (κ3) is 7.94. The van der Waals surface area contributed by atoms with Gasteiger partial charge in [0, 0.05) is 13.1 Å². The SMILES string of the molecule is CC(C)(C)c1cc(C2N[C@H](c3ccccc3)[C@@H](c3ccccc3)N2Cc2ccccc2)cc(C2N[C@H](c3ccccc3)[C@@H](c3ccccc3)N2Cc2ccccc2)c1. The van der Waals surface area contributed by atoms with E-state index in [0.29, 0.717) is 0 Å². The summed E-state index contributed by atoms with van der Waals surface area (Å²) < 4.78 is 0. The van der Waals surface area contributed by atoms with Gasteiger partial charge in [0.25, 0.3) is 0 Å². The Hall–Kier alpha value is -5.62. The number of nitrogens with zero attached hydrogens (tertiary/aromatic N) is 2. The second-order valence-corrected chi connectivity index (χ2v) is 17.1. The van der Waals surface area contributed by atoms with Crippen LogP contribution in [-0.4, -0.2) is 9.80 Å². The molecule has 0 aromatic heterocycles. The Bertz CT molecular complexity index is 2200. The summed E-state index contributed by atoms with van der Waals surface area (Å²) in [5.74, 6) is 0. The monoisotopic (exact) mass is 758 g/mol. The minimum Gasteiger partial charge on any atom is -0.289 e. The van der Waals surface area contributed by atoms with Gasteiger partial charge in [-0.15, -0.1) is 0 Å². The van der Waals surface area contributed by atoms with Crippen molar-refractivity contribution in [2.45, 2.75) is 75.8 Å². The van der Waals surface area contributed by atoms with E-state index in [1.54, 1.807) is 0 Å². The zero-order chi connectivity index (χ0) is 39.5. The molecule has 0 bridgehead atoms. The molecule has 2 saturated heterocycles. The van der Waals surface area contributed by atoms with Crippen molar-refractivity contribution in [3.05, 3.63) is 250 Å². The molecule has 7 aromatic carbocycles. The van der Waals surface area contributed by atoms with Gasteiger partial charge >= 0.3 is 0 Å². The van der Waals surface area contributed by atoms with Crippen LogP contribution in [0.5, 0.6) is 0 Å². The number of benzene rings is 7. The molecule has 0 amide bonds. The predicted octanol–water partition coefficient (Wildman–Crippen LogP) is 12.2. The Balaban J connectivity index is 1.21. The van der Waals surface area contributed by atoms with E-state index >= 15 is 0 Å². The first-order valence-electron chi connectivity index (χ1n) is 20.9. The Morgan fingerprint density at radius 2 is 0.690 bits per heavy atom. The zero-order valence-corrected chi connectivity index (χ0v) is 33.8. The normalized spacial score (nSPS) is 22.6. The van der Waals surface area contributed by atoms with Crippen molar-refractivity contribution in [3.63, 3.8) is 0 Å². The molecule has 2 heterocycles. The molecule has 4 heteroatoms. The average molecular weight is 759 g/mol. The second-order valence-electron chi connectivity index (χ2n) is 17.1. The van der Waals surface area contributed by atoms with Crippen LogP contribution in [0.15, 0.2) is 200 Å². The first kappa shape index (κ1) is 37.9. The van der Waals surface area contributed by atoms with Crippen molar-refractivity contribution in [3.8, 4) is 0 Å². The largest absolute Gasteiger partial charge is 0.289 e. The number of hydrogen-bond acceptors (Lipinski definition) is 4. The summed E-state index contributed by atoms with van der Waals surface area (Å²) in [5.41, 5.74) is 11.7. The van der Waals surface area contributed by atoms with E-state index in [9.17, 15) is 0 Å². The van der Waals surface area contributed by atoms with Gasteiger partial charge in [0.2, 0.25) is 0 Å². The summed E-state index contributed by atoms with van der Waals surface area (Å²) in [6, 6.07) is 74.1. The number of rotatable bonds is 10. The molecule has 0 spiro atoms. The molecule has 9 rings (SSSR count). The molecular weight excluding hydrogens is 705 g/mol. The summed E-state index contributed by atoms with van der Waals surface area (Å²) in [7, 11) is 0. The second kappa shape index (κ2) is 16.7. The summed E-state index contributed by atoms with van der Waals surface area (Å²) in [6.45, 7) is 8.67. The Morgan fingerprint density at radius 1 is 0.379 bits per heavy atom. The van der Waals surface area contributed by atoms with E-state index in [1.807, 2.05) is 0 Å². The fourth-order valence-electron chi connectivity index (χ4n) is 9.33. The van der Waals surface area contributed by atoms with Gasteiger partial charge in [-0.3, -0.25) is 20.4 Å².